The van der Waals surface area contributed by atoms with Crippen molar-refractivity contribution in [1.29, 1.82) is 0 Å². The van der Waals surface area contributed by atoms with Crippen molar-refractivity contribution >= 4 is 33.4 Å². The highest BCUT2D eigenvalue weighted by molar-refractivity contribution is 5.96. The summed E-state index contributed by atoms with van der Waals surface area (Å²) in [5, 5.41) is 5.57. The van der Waals surface area contributed by atoms with Crippen molar-refractivity contribution < 1.29 is 4.79 Å². The summed E-state index contributed by atoms with van der Waals surface area (Å²) >= 11 is 0. The van der Waals surface area contributed by atoms with Crippen LogP contribution in [0.4, 0.5) is 5.69 Å². The molecule has 3 N–H and O–H groups in total. The van der Waals surface area contributed by atoms with Crippen LogP contribution in [0.1, 0.15) is 12.5 Å². The molecule has 32 heavy (non-hydrogen) atoms. The predicted molar refractivity (Wildman–Crippen MR) is 128 cm³/mol. The lowest BCUT2D eigenvalue weighted by Crippen LogP contribution is -2.52. The Morgan fingerprint density at radius 2 is 1.72 bits per heavy atom. The van der Waals surface area contributed by atoms with Gasteiger partial charge in [-0.2, -0.15) is 0 Å². The lowest BCUT2D eigenvalue weighted by atomic mass is 10.0. The average Bonchev–Trinajstić information content (AvgIpc) is 3.18. The van der Waals surface area contributed by atoms with E-state index in [1.807, 2.05) is 6.92 Å². The van der Waals surface area contributed by atoms with Gasteiger partial charge < -0.3 is 15.3 Å². The Morgan fingerprint density at radius 3 is 2.56 bits per heavy atom. The van der Waals surface area contributed by atoms with Gasteiger partial charge in [0.2, 0.25) is 5.91 Å². The van der Waals surface area contributed by atoms with Crippen LogP contribution in [0.3, 0.4) is 0 Å². The normalized spacial score (nSPS) is 16.4. The van der Waals surface area contributed by atoms with Gasteiger partial charge in [-0.15, -0.1) is 0 Å². The van der Waals surface area contributed by atoms with Gasteiger partial charge in [-0.3, -0.25) is 14.6 Å². The molecule has 1 aliphatic rings. The number of nitrogens with one attached hydrogen (secondary N) is 3. The number of benzene rings is 3. The number of hydrogen-bond acceptors (Lipinski definition) is 4. The van der Waals surface area contributed by atoms with Crippen molar-refractivity contribution in [3.8, 4) is 0 Å². The zero-order chi connectivity index (χ0) is 22.1. The van der Waals surface area contributed by atoms with Gasteiger partial charge in [-0.05, 0) is 41.5 Å². The lowest BCUT2D eigenvalue weighted by Gasteiger charge is -2.37. The van der Waals surface area contributed by atoms with Crippen LogP contribution >= 0.6 is 0 Å². The third kappa shape index (κ3) is 4.17. The van der Waals surface area contributed by atoms with E-state index in [1.165, 1.54) is 16.3 Å². The number of carbonyl (C=O) groups excluding carboxylic acids is 1. The van der Waals surface area contributed by atoms with E-state index in [0.717, 1.165) is 38.2 Å². The van der Waals surface area contributed by atoms with Crippen molar-refractivity contribution in [2.75, 3.05) is 31.5 Å². The monoisotopic (exact) mass is 429 g/mol. The summed E-state index contributed by atoms with van der Waals surface area (Å²) in [6, 6.07) is 20.1. The SMILES string of the molecule is C[C@@H](C(=O)Nc1ccc2[nH]c(=O)[nH]c2c1)N1CCN(Cc2cccc3ccccc23)CC1. The number of amides is 1. The maximum Gasteiger partial charge on any atom is 0.323 e. The van der Waals surface area contributed by atoms with Crippen LogP contribution in [0.2, 0.25) is 0 Å². The van der Waals surface area contributed by atoms with Crippen molar-refractivity contribution in [2.24, 2.45) is 0 Å². The highest BCUT2D eigenvalue weighted by Crippen LogP contribution is 2.21. The number of imidazole rings is 1. The third-order valence-corrected chi connectivity index (χ3v) is 6.39. The number of carbonyl (C=O) groups is 1. The van der Waals surface area contributed by atoms with Crippen molar-refractivity contribution in [3.05, 3.63) is 76.7 Å². The number of aromatic nitrogens is 2. The van der Waals surface area contributed by atoms with E-state index in [-0.39, 0.29) is 17.6 Å². The number of piperazine rings is 1. The molecule has 0 spiro atoms. The van der Waals surface area contributed by atoms with Crippen LogP contribution in [-0.2, 0) is 11.3 Å². The predicted octanol–water partition coefficient (Wildman–Crippen LogP) is 3.15. The second-order valence-electron chi connectivity index (χ2n) is 8.46. The molecule has 5 rings (SSSR count). The molecular formula is C25H27N5O2. The molecule has 1 aromatic heterocycles. The first-order valence-corrected chi connectivity index (χ1v) is 11.0. The zero-order valence-electron chi connectivity index (χ0n) is 18.1. The highest BCUT2D eigenvalue weighted by Gasteiger charge is 2.26. The van der Waals surface area contributed by atoms with E-state index in [9.17, 15) is 9.59 Å². The molecule has 7 nitrogen and oxygen atoms in total. The molecule has 0 saturated carbocycles. The largest absolute Gasteiger partial charge is 0.325 e. The van der Waals surface area contributed by atoms with Crippen LogP contribution in [0.25, 0.3) is 21.8 Å². The molecule has 1 amide bonds. The van der Waals surface area contributed by atoms with Crippen LogP contribution in [0, 0.1) is 0 Å². The van der Waals surface area contributed by atoms with E-state index in [2.05, 4.69) is 67.5 Å². The van der Waals surface area contributed by atoms with Crippen molar-refractivity contribution in [2.45, 2.75) is 19.5 Å². The number of hydrogen-bond donors (Lipinski definition) is 3. The molecule has 0 aliphatic carbocycles. The summed E-state index contributed by atoms with van der Waals surface area (Å²) in [4.78, 5) is 34.4. The first kappa shape index (κ1) is 20.5. The molecule has 4 aromatic rings. The van der Waals surface area contributed by atoms with Gasteiger partial charge in [0.25, 0.3) is 0 Å². The summed E-state index contributed by atoms with van der Waals surface area (Å²) in [6.45, 7) is 6.43. The summed E-state index contributed by atoms with van der Waals surface area (Å²) in [5.41, 5.74) is 3.18. The van der Waals surface area contributed by atoms with Gasteiger partial charge in [0.05, 0.1) is 17.1 Å². The van der Waals surface area contributed by atoms with Gasteiger partial charge in [-0.25, -0.2) is 4.79 Å². The minimum absolute atomic E-state index is 0.0373. The Labute approximate surface area is 186 Å². The van der Waals surface area contributed by atoms with Crippen LogP contribution in [0.15, 0.2) is 65.5 Å². The van der Waals surface area contributed by atoms with Crippen LogP contribution in [0.5, 0.6) is 0 Å². The van der Waals surface area contributed by atoms with Gasteiger partial charge in [-0.1, -0.05) is 42.5 Å². The Balaban J connectivity index is 1.18. The first-order chi connectivity index (χ1) is 15.6. The van der Waals surface area contributed by atoms with Crippen molar-refractivity contribution in [3.63, 3.8) is 0 Å². The molecule has 0 bridgehead atoms. The first-order valence-electron chi connectivity index (χ1n) is 11.0. The molecule has 1 atom stereocenters. The Bertz CT molecular complexity index is 1310. The molecule has 1 fully saturated rings. The number of rotatable bonds is 5. The summed E-state index contributed by atoms with van der Waals surface area (Å²) in [5.74, 6) is -0.0373. The fraction of sp³-hybridized carbons (Fsp3) is 0.280. The third-order valence-electron chi connectivity index (χ3n) is 6.39. The van der Waals surface area contributed by atoms with E-state index in [4.69, 9.17) is 0 Å². The fourth-order valence-corrected chi connectivity index (χ4v) is 4.50. The minimum atomic E-state index is -0.252. The molecule has 0 radical (unpaired) electrons. The quantitative estimate of drug-likeness (QED) is 0.455. The van der Waals surface area contributed by atoms with Gasteiger partial charge in [0, 0.05) is 38.4 Å². The lowest BCUT2D eigenvalue weighted by molar-refractivity contribution is -0.121. The number of nitrogens with zero attached hydrogens (tertiary/aromatic N) is 2. The molecule has 3 aromatic carbocycles. The van der Waals surface area contributed by atoms with Crippen LogP contribution in [-0.4, -0.2) is 57.9 Å². The molecule has 1 aliphatic heterocycles. The molecule has 7 heteroatoms. The molecule has 1 saturated heterocycles. The number of H-pyrrole nitrogens is 2. The van der Waals surface area contributed by atoms with E-state index in [1.54, 1.807) is 18.2 Å². The van der Waals surface area contributed by atoms with Crippen LogP contribution < -0.4 is 11.0 Å². The summed E-state index contributed by atoms with van der Waals surface area (Å²) in [7, 11) is 0. The molecule has 0 unspecified atom stereocenters. The molecule has 164 valence electrons. The topological polar surface area (TPSA) is 84.2 Å². The highest BCUT2D eigenvalue weighted by atomic mass is 16.2. The smallest absolute Gasteiger partial charge is 0.323 e. The Kier molecular flexibility index (Phi) is 5.51. The number of anilines is 1. The summed E-state index contributed by atoms with van der Waals surface area (Å²) < 4.78 is 0. The van der Waals surface area contributed by atoms with Gasteiger partial charge in [0.15, 0.2) is 0 Å². The standard InChI is InChI=1S/C25H27N5O2/c1-17(24(31)26-20-9-10-22-23(15-20)28-25(32)27-22)30-13-11-29(12-14-30)16-19-7-4-6-18-5-2-3-8-21(18)19/h2-10,15,17H,11-14,16H2,1H3,(H,26,31)(H2,27,28,32)/t17-/m0/s1. The minimum Gasteiger partial charge on any atom is -0.325 e. The number of fused-ring (bicyclic) bond motifs is 2. The zero-order valence-corrected chi connectivity index (χ0v) is 18.1. The summed E-state index contributed by atoms with van der Waals surface area (Å²) in [6.07, 6.45) is 0. The Hall–Kier alpha value is -3.42. The Morgan fingerprint density at radius 1 is 0.969 bits per heavy atom. The fourth-order valence-electron chi connectivity index (χ4n) is 4.50. The molecule has 2 heterocycles. The average molecular weight is 430 g/mol. The van der Waals surface area contributed by atoms with Crippen molar-refractivity contribution in [1.82, 2.24) is 19.8 Å². The number of aromatic amines is 2. The maximum absolute atomic E-state index is 12.8. The second-order valence-corrected chi connectivity index (χ2v) is 8.46. The molecular weight excluding hydrogens is 402 g/mol. The van der Waals surface area contributed by atoms with E-state index >= 15 is 0 Å². The van der Waals surface area contributed by atoms with Gasteiger partial charge >= 0.3 is 5.69 Å². The van der Waals surface area contributed by atoms with Gasteiger partial charge in [0.1, 0.15) is 0 Å². The van der Waals surface area contributed by atoms with E-state index < -0.39 is 0 Å². The maximum atomic E-state index is 12.8. The second kappa shape index (κ2) is 8.61. The van der Waals surface area contributed by atoms with E-state index in [0.29, 0.717) is 11.2 Å².